The van der Waals surface area contributed by atoms with E-state index in [0.717, 1.165) is 29.6 Å². The molecule has 0 saturated heterocycles. The van der Waals surface area contributed by atoms with Crippen molar-refractivity contribution in [3.63, 3.8) is 0 Å². The highest BCUT2D eigenvalue weighted by molar-refractivity contribution is 7.09. The number of thiazole rings is 1. The van der Waals surface area contributed by atoms with E-state index in [9.17, 15) is 4.79 Å². The van der Waals surface area contributed by atoms with E-state index in [1.807, 2.05) is 25.1 Å². The van der Waals surface area contributed by atoms with Crippen LogP contribution in [0.2, 0.25) is 0 Å². The summed E-state index contributed by atoms with van der Waals surface area (Å²) in [6.07, 6.45) is 0.857. The summed E-state index contributed by atoms with van der Waals surface area (Å²) in [4.78, 5) is 20.5. The molecule has 0 fully saturated rings. The van der Waals surface area contributed by atoms with E-state index in [4.69, 9.17) is 0 Å². The molecule has 1 heterocycles. The molecular formula is C17H23N5OS. The lowest BCUT2D eigenvalue weighted by molar-refractivity contribution is 0.0954. The molecule has 0 aliphatic carbocycles. The lowest BCUT2D eigenvalue weighted by Crippen LogP contribution is -2.42. The summed E-state index contributed by atoms with van der Waals surface area (Å²) in [5.41, 5.74) is 1.76. The number of aryl methyl sites for hydroxylation is 1. The minimum atomic E-state index is -0.0701. The third kappa shape index (κ3) is 6.00. The molecule has 3 N–H and O–H groups in total. The zero-order valence-corrected chi connectivity index (χ0v) is 14.8. The van der Waals surface area contributed by atoms with Gasteiger partial charge < -0.3 is 16.0 Å². The van der Waals surface area contributed by atoms with Crippen molar-refractivity contribution in [3.8, 4) is 0 Å². The maximum absolute atomic E-state index is 11.9. The summed E-state index contributed by atoms with van der Waals surface area (Å²) < 4.78 is 0. The first-order chi connectivity index (χ1) is 11.7. The normalized spacial score (nSPS) is 11.2. The fourth-order valence-corrected chi connectivity index (χ4v) is 2.75. The van der Waals surface area contributed by atoms with Gasteiger partial charge in [-0.15, -0.1) is 11.3 Å². The van der Waals surface area contributed by atoms with E-state index in [-0.39, 0.29) is 5.91 Å². The second kappa shape index (κ2) is 9.67. The van der Waals surface area contributed by atoms with Gasteiger partial charge in [0.2, 0.25) is 0 Å². The van der Waals surface area contributed by atoms with Crippen LogP contribution < -0.4 is 16.0 Å². The molecule has 128 valence electrons. The Balaban J connectivity index is 1.62. The smallest absolute Gasteiger partial charge is 0.251 e. The van der Waals surface area contributed by atoms with Gasteiger partial charge in [-0.05, 0) is 19.1 Å². The molecular weight excluding hydrogens is 322 g/mol. The Hall–Kier alpha value is -2.41. The van der Waals surface area contributed by atoms with Crippen molar-refractivity contribution >= 4 is 23.2 Å². The van der Waals surface area contributed by atoms with Crippen molar-refractivity contribution < 1.29 is 4.79 Å². The van der Waals surface area contributed by atoms with E-state index < -0.39 is 0 Å². The molecule has 0 atom stereocenters. The number of nitrogens with one attached hydrogen (secondary N) is 3. The van der Waals surface area contributed by atoms with Crippen molar-refractivity contribution in [3.05, 3.63) is 52.0 Å². The zero-order chi connectivity index (χ0) is 17.2. The van der Waals surface area contributed by atoms with Crippen LogP contribution in [0.1, 0.15) is 21.1 Å². The molecule has 2 rings (SSSR count). The van der Waals surface area contributed by atoms with Gasteiger partial charge in [0.15, 0.2) is 5.96 Å². The molecule has 7 heteroatoms. The number of guanidine groups is 1. The number of carbonyl (C=O) groups excluding carboxylic acids is 1. The molecule has 0 spiro atoms. The largest absolute Gasteiger partial charge is 0.356 e. The molecule has 0 aliphatic rings. The molecule has 0 radical (unpaired) electrons. The highest BCUT2D eigenvalue weighted by Gasteiger charge is 2.04. The molecule has 6 nitrogen and oxygen atoms in total. The number of hydrogen-bond donors (Lipinski definition) is 3. The van der Waals surface area contributed by atoms with Gasteiger partial charge in [-0.3, -0.25) is 9.79 Å². The van der Waals surface area contributed by atoms with Crippen LogP contribution in [0.25, 0.3) is 0 Å². The highest BCUT2D eigenvalue weighted by atomic mass is 32.1. The lowest BCUT2D eigenvalue weighted by atomic mass is 10.2. The van der Waals surface area contributed by atoms with Gasteiger partial charge in [-0.2, -0.15) is 0 Å². The van der Waals surface area contributed by atoms with Crippen LogP contribution in [0.5, 0.6) is 0 Å². The summed E-state index contributed by atoms with van der Waals surface area (Å²) in [6, 6.07) is 9.18. The van der Waals surface area contributed by atoms with Crippen molar-refractivity contribution in [2.75, 3.05) is 26.7 Å². The number of amides is 1. The molecule has 0 aliphatic heterocycles. The topological polar surface area (TPSA) is 78.4 Å². The fraction of sp³-hybridized carbons (Fsp3) is 0.353. The minimum absolute atomic E-state index is 0.0701. The molecule has 1 aromatic heterocycles. The standard InChI is InChI=1S/C17H23N5OS/c1-13-22-15(12-24-13)8-9-20-17(18-2)21-11-10-19-16(23)14-6-4-3-5-7-14/h3-7,12H,8-11H2,1-2H3,(H,19,23)(H2,18,20,21). The molecule has 2 aromatic rings. The Kier molecular flexibility index (Phi) is 7.22. The second-order valence-corrected chi connectivity index (χ2v) is 6.22. The van der Waals surface area contributed by atoms with E-state index in [2.05, 4.69) is 31.3 Å². The van der Waals surface area contributed by atoms with Gasteiger partial charge in [0.1, 0.15) is 0 Å². The number of benzene rings is 1. The molecule has 1 aromatic carbocycles. The summed E-state index contributed by atoms with van der Waals surface area (Å²) >= 11 is 1.66. The van der Waals surface area contributed by atoms with Crippen LogP contribution in [0.15, 0.2) is 40.7 Å². The maximum atomic E-state index is 11.9. The van der Waals surface area contributed by atoms with Crippen molar-refractivity contribution in [2.45, 2.75) is 13.3 Å². The average molecular weight is 345 g/mol. The number of hydrogen-bond acceptors (Lipinski definition) is 4. The minimum Gasteiger partial charge on any atom is -0.356 e. The van der Waals surface area contributed by atoms with Gasteiger partial charge >= 0.3 is 0 Å². The molecule has 0 saturated carbocycles. The number of carbonyl (C=O) groups is 1. The van der Waals surface area contributed by atoms with Gasteiger partial charge in [0.05, 0.1) is 10.7 Å². The molecule has 1 amide bonds. The number of aromatic nitrogens is 1. The maximum Gasteiger partial charge on any atom is 0.251 e. The van der Waals surface area contributed by atoms with E-state index in [0.29, 0.717) is 18.7 Å². The monoisotopic (exact) mass is 345 g/mol. The first-order valence-electron chi connectivity index (χ1n) is 7.88. The van der Waals surface area contributed by atoms with Crippen molar-refractivity contribution in [1.82, 2.24) is 20.9 Å². The van der Waals surface area contributed by atoms with Crippen LogP contribution in [0.3, 0.4) is 0 Å². The van der Waals surface area contributed by atoms with Gasteiger partial charge in [0.25, 0.3) is 5.91 Å². The Morgan fingerprint density at radius 2 is 1.83 bits per heavy atom. The predicted octanol–water partition coefficient (Wildman–Crippen LogP) is 1.59. The van der Waals surface area contributed by atoms with E-state index in [1.165, 1.54) is 0 Å². The lowest BCUT2D eigenvalue weighted by Gasteiger charge is -2.12. The van der Waals surface area contributed by atoms with Crippen LogP contribution in [-0.4, -0.2) is 43.5 Å². The van der Waals surface area contributed by atoms with Crippen molar-refractivity contribution in [2.24, 2.45) is 4.99 Å². The fourth-order valence-electron chi connectivity index (χ4n) is 2.10. The molecule has 0 bridgehead atoms. The van der Waals surface area contributed by atoms with Gasteiger partial charge in [-0.1, -0.05) is 18.2 Å². The second-order valence-electron chi connectivity index (χ2n) is 5.16. The zero-order valence-electron chi connectivity index (χ0n) is 14.0. The predicted molar refractivity (Wildman–Crippen MR) is 98.7 cm³/mol. The summed E-state index contributed by atoms with van der Waals surface area (Å²) in [6.45, 7) is 3.90. The first-order valence-corrected chi connectivity index (χ1v) is 8.76. The number of rotatable bonds is 7. The van der Waals surface area contributed by atoms with Crippen LogP contribution in [0, 0.1) is 6.92 Å². The third-order valence-electron chi connectivity index (χ3n) is 3.30. The van der Waals surface area contributed by atoms with E-state index >= 15 is 0 Å². The molecule has 0 unspecified atom stereocenters. The Morgan fingerprint density at radius 3 is 2.50 bits per heavy atom. The number of nitrogens with zero attached hydrogens (tertiary/aromatic N) is 2. The first kappa shape index (κ1) is 17.9. The summed E-state index contributed by atoms with van der Waals surface area (Å²) in [5, 5.41) is 12.4. The van der Waals surface area contributed by atoms with Gasteiger partial charge in [-0.25, -0.2) is 4.98 Å². The summed E-state index contributed by atoms with van der Waals surface area (Å²) in [7, 11) is 1.73. The quantitative estimate of drug-likeness (QED) is 0.404. The third-order valence-corrected chi connectivity index (χ3v) is 4.13. The SMILES string of the molecule is CN=C(NCCNC(=O)c1ccccc1)NCCc1csc(C)n1. The van der Waals surface area contributed by atoms with Gasteiger partial charge in [0, 0.05) is 44.0 Å². The average Bonchev–Trinajstić information content (AvgIpc) is 3.02. The highest BCUT2D eigenvalue weighted by Crippen LogP contribution is 2.07. The summed E-state index contributed by atoms with van der Waals surface area (Å²) in [5.74, 6) is 0.648. The van der Waals surface area contributed by atoms with Crippen LogP contribution >= 0.6 is 11.3 Å². The number of aliphatic imine (C=N–C) groups is 1. The van der Waals surface area contributed by atoms with Crippen molar-refractivity contribution in [1.29, 1.82) is 0 Å². The van der Waals surface area contributed by atoms with Crippen LogP contribution in [0.4, 0.5) is 0 Å². The Bertz CT molecular complexity index is 669. The van der Waals surface area contributed by atoms with E-state index in [1.54, 1.807) is 30.5 Å². The Labute approximate surface area is 146 Å². The van der Waals surface area contributed by atoms with Crippen LogP contribution in [-0.2, 0) is 6.42 Å². The molecule has 24 heavy (non-hydrogen) atoms. The Morgan fingerprint density at radius 1 is 1.12 bits per heavy atom.